The fraction of sp³-hybridized carbons (Fsp3) is 0.492. The number of anilines is 2. The molecule has 442 valence electrons. The summed E-state index contributed by atoms with van der Waals surface area (Å²) in [5.41, 5.74) is 6.62. The second-order valence-electron chi connectivity index (χ2n) is 24.0. The van der Waals surface area contributed by atoms with Crippen LogP contribution in [0.1, 0.15) is 108 Å². The summed E-state index contributed by atoms with van der Waals surface area (Å²) in [6.07, 6.45) is 6.95. The van der Waals surface area contributed by atoms with E-state index in [4.69, 9.17) is 28.9 Å². The van der Waals surface area contributed by atoms with Crippen molar-refractivity contribution in [1.29, 1.82) is 0 Å². The van der Waals surface area contributed by atoms with Crippen LogP contribution < -0.4 is 25.2 Å². The molecular weight excluding hydrogens is 1090 g/mol. The van der Waals surface area contributed by atoms with E-state index in [0.717, 1.165) is 70.1 Å². The van der Waals surface area contributed by atoms with Gasteiger partial charge in [0.15, 0.2) is 17.4 Å². The molecular formula is C63H75FN12O7S. The Balaban J connectivity index is 0.655. The molecule has 5 aliphatic rings. The van der Waals surface area contributed by atoms with Crippen molar-refractivity contribution < 1.29 is 37.9 Å². The van der Waals surface area contributed by atoms with Gasteiger partial charge in [0.05, 0.1) is 27.5 Å². The molecule has 7 aromatic rings. The van der Waals surface area contributed by atoms with Crippen molar-refractivity contribution >= 4 is 62.6 Å². The maximum absolute atomic E-state index is 17.2. The zero-order chi connectivity index (χ0) is 58.5. The van der Waals surface area contributed by atoms with Gasteiger partial charge in [0.25, 0.3) is 0 Å². The predicted octanol–water partition coefficient (Wildman–Crippen LogP) is 9.41. The minimum absolute atomic E-state index is 0.0214. The van der Waals surface area contributed by atoms with Crippen LogP contribution in [0.5, 0.6) is 11.8 Å². The lowest BCUT2D eigenvalue weighted by molar-refractivity contribution is -0.141. The number of rotatable bonds is 16. The van der Waals surface area contributed by atoms with Crippen molar-refractivity contribution in [3.8, 4) is 33.5 Å². The molecule has 5 saturated heterocycles. The molecule has 5 aliphatic heterocycles. The van der Waals surface area contributed by atoms with Crippen molar-refractivity contribution in [1.82, 2.24) is 50.4 Å². The van der Waals surface area contributed by atoms with E-state index in [2.05, 4.69) is 54.5 Å². The number of halogens is 1. The van der Waals surface area contributed by atoms with E-state index in [-0.39, 0.29) is 78.1 Å². The van der Waals surface area contributed by atoms with Crippen LogP contribution in [0.25, 0.3) is 43.4 Å². The molecule has 3 aromatic carbocycles. The number of likely N-dealkylation sites (N-methyl/N-ethyl adjacent to an activating group) is 1. The summed E-state index contributed by atoms with van der Waals surface area (Å²) in [6.45, 7) is 15.6. The lowest BCUT2D eigenvalue weighted by Crippen LogP contribution is -2.54. The summed E-state index contributed by atoms with van der Waals surface area (Å²) in [6, 6.07) is 18.7. The Morgan fingerprint density at radius 1 is 0.929 bits per heavy atom. The second kappa shape index (κ2) is 23.9. The standard InChI is InChI=1S/C63H75FN12O7S/c1-8-39-11-9-12-42-25-47(77)26-48(54(39)42)56-55(64)57-49(28-65-56)59(74-30-43-18-19-44(31-74)68-43)70-62(69-57)81-32-45-20-21-46(72(45)7)33-82-63(80)73-23-24-75(36(4)29-73)52-27-51(83-71-52)53(35(2)3)61(79)76-22-10-13-50(76)60(78)67-37(5)40-14-16-41(17-15-40)58-38(6)66-34-84-58/h9,11-12,14-17,25-28,34-37,43-46,50,53,68,77H,8,10,13,18-24,29-33H2,1-7H3,(H,67,78)/t36-,37+,43?,44?,45+,46?,50+,53-/m1/s1. The highest BCUT2D eigenvalue weighted by Crippen LogP contribution is 2.40. The van der Waals surface area contributed by atoms with Crippen LogP contribution in [-0.2, 0) is 20.7 Å². The number of nitrogens with one attached hydrogen (secondary N) is 2. The number of benzene rings is 3. The number of hydrogen-bond acceptors (Lipinski definition) is 17. The highest BCUT2D eigenvalue weighted by molar-refractivity contribution is 7.13. The number of carbonyl (C=O) groups excluding carboxylic acids is 3. The first-order valence-corrected chi connectivity index (χ1v) is 30.7. The number of phenolic OH excluding ortho intramolecular Hbond substituents is 1. The predicted molar refractivity (Wildman–Crippen MR) is 321 cm³/mol. The summed E-state index contributed by atoms with van der Waals surface area (Å²) >= 11 is 1.60. The van der Waals surface area contributed by atoms with Gasteiger partial charge in [-0.15, -0.1) is 11.3 Å². The lowest BCUT2D eigenvalue weighted by Gasteiger charge is -2.39. The number of aromatic hydroxyl groups is 1. The third-order valence-corrected chi connectivity index (χ3v) is 19.2. The molecule has 0 saturated carbocycles. The molecule has 3 N–H and O–H groups in total. The van der Waals surface area contributed by atoms with E-state index in [1.54, 1.807) is 39.5 Å². The minimum atomic E-state index is -0.645. The largest absolute Gasteiger partial charge is 0.508 e. The number of phenols is 1. The van der Waals surface area contributed by atoms with Crippen LogP contribution in [0.2, 0.25) is 0 Å². The molecule has 2 bridgehead atoms. The number of fused-ring (bicyclic) bond motifs is 4. The van der Waals surface area contributed by atoms with Crippen LogP contribution in [0.15, 0.2) is 76.9 Å². The van der Waals surface area contributed by atoms with Crippen molar-refractivity contribution in [2.75, 3.05) is 69.3 Å². The Labute approximate surface area is 492 Å². The van der Waals surface area contributed by atoms with Crippen molar-refractivity contribution in [2.24, 2.45) is 5.92 Å². The van der Waals surface area contributed by atoms with Crippen LogP contribution in [0, 0.1) is 18.7 Å². The zero-order valence-electron chi connectivity index (χ0n) is 48.9. The van der Waals surface area contributed by atoms with Crippen LogP contribution in [0.4, 0.5) is 20.8 Å². The first kappa shape index (κ1) is 57.0. The number of carbonyl (C=O) groups is 3. The van der Waals surface area contributed by atoms with Gasteiger partial charge in [0.1, 0.15) is 48.0 Å². The average molecular weight is 1160 g/mol. The topological polar surface area (TPSA) is 208 Å². The third kappa shape index (κ3) is 11.2. The Morgan fingerprint density at radius 3 is 2.43 bits per heavy atom. The number of hydrogen-bond donors (Lipinski definition) is 3. The van der Waals surface area contributed by atoms with Crippen LogP contribution >= 0.6 is 11.3 Å². The average Bonchev–Trinajstić information content (AvgIpc) is 4.25. The van der Waals surface area contributed by atoms with Gasteiger partial charge < -0.3 is 49.3 Å². The number of ether oxygens (including phenoxy) is 2. The highest BCUT2D eigenvalue weighted by atomic mass is 32.1. The number of aryl methyl sites for hydroxylation is 2. The molecule has 0 spiro atoms. The van der Waals surface area contributed by atoms with E-state index in [1.165, 1.54) is 0 Å². The smallest absolute Gasteiger partial charge is 0.409 e. The van der Waals surface area contributed by atoms with E-state index < -0.39 is 23.9 Å². The Kier molecular flexibility index (Phi) is 16.2. The Bertz CT molecular complexity index is 3570. The van der Waals surface area contributed by atoms with Gasteiger partial charge in [-0.1, -0.05) is 68.4 Å². The molecule has 8 atom stereocenters. The fourth-order valence-corrected chi connectivity index (χ4v) is 14.3. The monoisotopic (exact) mass is 1160 g/mol. The molecule has 4 aromatic heterocycles. The number of likely N-dealkylation sites (tertiary alicyclic amines) is 2. The van der Waals surface area contributed by atoms with E-state index in [0.29, 0.717) is 92.5 Å². The van der Waals surface area contributed by atoms with Gasteiger partial charge in [-0.2, -0.15) is 9.97 Å². The van der Waals surface area contributed by atoms with Crippen molar-refractivity contribution in [3.63, 3.8) is 0 Å². The lowest BCUT2D eigenvalue weighted by atomic mass is 9.91. The van der Waals surface area contributed by atoms with Gasteiger partial charge in [0, 0.05) is 87.3 Å². The summed E-state index contributed by atoms with van der Waals surface area (Å²) < 4.78 is 35.6. The molecule has 5 fully saturated rings. The van der Waals surface area contributed by atoms with E-state index >= 15 is 4.39 Å². The van der Waals surface area contributed by atoms with Gasteiger partial charge in [-0.3, -0.25) is 19.5 Å². The SMILES string of the molecule is CCc1cccc2cc(O)cc(-c3ncc4c(N5CC6CCC(C5)N6)nc(OC[C@@H]5CCC(COC(=O)N6CCN(c7cc([C@H](C(=O)N8CCC[C@H]8C(=O)N[C@@H](C)c8ccc(-c9scnc9C)cc8)C(C)C)on7)[C@H](C)C6)N5C)nc4c3F)c12. The normalized spacial score (nSPS) is 22.6. The summed E-state index contributed by atoms with van der Waals surface area (Å²) in [7, 11) is 2.00. The van der Waals surface area contributed by atoms with E-state index in [1.807, 2.05) is 83.6 Å². The molecule has 3 unspecified atom stereocenters. The molecule has 0 radical (unpaired) electrons. The fourth-order valence-electron chi connectivity index (χ4n) is 13.5. The van der Waals surface area contributed by atoms with Gasteiger partial charge >= 0.3 is 12.1 Å². The molecule has 21 heteroatoms. The second-order valence-corrected chi connectivity index (χ2v) is 24.8. The number of aromatic nitrogens is 5. The first-order valence-electron chi connectivity index (χ1n) is 29.8. The highest BCUT2D eigenvalue weighted by Gasteiger charge is 2.42. The first-order chi connectivity index (χ1) is 40.6. The quantitative estimate of drug-likeness (QED) is 0.0823. The summed E-state index contributed by atoms with van der Waals surface area (Å²) in [5.74, 6) is -0.0770. The van der Waals surface area contributed by atoms with Gasteiger partial charge in [-0.05, 0) is 118 Å². The maximum Gasteiger partial charge on any atom is 0.409 e. The Morgan fingerprint density at radius 2 is 1.70 bits per heavy atom. The van der Waals surface area contributed by atoms with Gasteiger partial charge in [0.2, 0.25) is 11.8 Å². The molecule has 19 nitrogen and oxygen atoms in total. The van der Waals surface area contributed by atoms with Gasteiger partial charge in [-0.25, -0.2) is 14.2 Å². The van der Waals surface area contributed by atoms with Crippen LogP contribution in [-0.4, -0.2) is 159 Å². The molecule has 84 heavy (non-hydrogen) atoms. The van der Waals surface area contributed by atoms with Crippen molar-refractivity contribution in [3.05, 3.63) is 101 Å². The zero-order valence-corrected chi connectivity index (χ0v) is 49.7. The number of pyridine rings is 1. The molecule has 3 amide bonds. The molecule has 0 aliphatic carbocycles. The number of nitrogens with zero attached hydrogens (tertiary/aromatic N) is 10. The third-order valence-electron chi connectivity index (χ3n) is 18.2. The molecule has 12 rings (SSSR count). The summed E-state index contributed by atoms with van der Waals surface area (Å²) in [5, 5.41) is 24.2. The van der Waals surface area contributed by atoms with E-state index in [9.17, 15) is 19.5 Å². The Hall–Kier alpha value is -7.49. The van der Waals surface area contributed by atoms with Crippen molar-refractivity contribution in [2.45, 2.75) is 135 Å². The number of amides is 3. The summed E-state index contributed by atoms with van der Waals surface area (Å²) in [4.78, 5) is 71.8. The molecule has 9 heterocycles. The maximum atomic E-state index is 17.2. The van der Waals surface area contributed by atoms with Crippen LogP contribution in [0.3, 0.4) is 0 Å². The number of thiazole rings is 1. The minimum Gasteiger partial charge on any atom is -0.508 e. The number of piperazine rings is 2.